The maximum absolute atomic E-state index is 12.0. The third kappa shape index (κ3) is 3.22. The zero-order valence-electron chi connectivity index (χ0n) is 10.3. The van der Waals surface area contributed by atoms with Gasteiger partial charge in [-0.25, -0.2) is 0 Å². The van der Waals surface area contributed by atoms with Crippen LogP contribution in [0.4, 0.5) is 5.69 Å². The van der Waals surface area contributed by atoms with Gasteiger partial charge in [-0.05, 0) is 37.3 Å². The van der Waals surface area contributed by atoms with E-state index in [1.807, 2.05) is 19.1 Å². The first kappa shape index (κ1) is 12.0. The smallest absolute Gasteiger partial charge is 0.253 e. The second-order valence-electron chi connectivity index (χ2n) is 4.88. The summed E-state index contributed by atoms with van der Waals surface area (Å²) in [6.45, 7) is 2.67. The number of carbonyl (C=O) groups is 1. The summed E-state index contributed by atoms with van der Waals surface area (Å²) in [6, 6.07) is 5.55. The van der Waals surface area contributed by atoms with Crippen molar-refractivity contribution in [3.05, 3.63) is 29.3 Å². The van der Waals surface area contributed by atoms with Crippen molar-refractivity contribution in [2.75, 3.05) is 12.3 Å². The molecule has 1 aliphatic rings. The molecule has 3 N–H and O–H groups in total. The zero-order chi connectivity index (χ0) is 12.3. The second kappa shape index (κ2) is 5.21. The van der Waals surface area contributed by atoms with Gasteiger partial charge in [0.1, 0.15) is 0 Å². The van der Waals surface area contributed by atoms with Crippen LogP contribution in [0.2, 0.25) is 0 Å². The van der Waals surface area contributed by atoms with Crippen molar-refractivity contribution in [3.63, 3.8) is 0 Å². The van der Waals surface area contributed by atoms with Crippen LogP contribution >= 0.6 is 0 Å². The van der Waals surface area contributed by atoms with E-state index in [1.54, 1.807) is 6.07 Å². The van der Waals surface area contributed by atoms with E-state index in [4.69, 9.17) is 5.73 Å². The van der Waals surface area contributed by atoms with E-state index in [9.17, 15) is 4.79 Å². The van der Waals surface area contributed by atoms with Gasteiger partial charge < -0.3 is 11.1 Å². The highest BCUT2D eigenvalue weighted by atomic mass is 16.1. The van der Waals surface area contributed by atoms with Crippen molar-refractivity contribution in [2.24, 2.45) is 5.92 Å². The van der Waals surface area contributed by atoms with Crippen molar-refractivity contribution in [1.82, 2.24) is 5.32 Å². The highest BCUT2D eigenvalue weighted by Gasteiger charge is 2.20. The summed E-state index contributed by atoms with van der Waals surface area (Å²) < 4.78 is 0. The van der Waals surface area contributed by atoms with Gasteiger partial charge in [0.15, 0.2) is 0 Å². The molecule has 1 saturated carbocycles. The van der Waals surface area contributed by atoms with E-state index in [-0.39, 0.29) is 5.91 Å². The van der Waals surface area contributed by atoms with Gasteiger partial charge in [0.25, 0.3) is 5.91 Å². The van der Waals surface area contributed by atoms with Gasteiger partial charge in [0.2, 0.25) is 0 Å². The van der Waals surface area contributed by atoms with E-state index < -0.39 is 0 Å². The van der Waals surface area contributed by atoms with E-state index in [0.29, 0.717) is 11.3 Å². The van der Waals surface area contributed by atoms with E-state index >= 15 is 0 Å². The number of nitrogens with two attached hydrogens (primary N) is 1. The minimum absolute atomic E-state index is 0.0450. The summed E-state index contributed by atoms with van der Waals surface area (Å²) >= 11 is 0. The second-order valence-corrected chi connectivity index (χ2v) is 4.88. The van der Waals surface area contributed by atoms with Crippen molar-refractivity contribution >= 4 is 11.6 Å². The summed E-state index contributed by atoms with van der Waals surface area (Å²) in [6.07, 6.45) is 5.06. The molecule has 0 atom stereocenters. The maximum atomic E-state index is 12.0. The lowest BCUT2D eigenvalue weighted by Crippen LogP contribution is -2.26. The van der Waals surface area contributed by atoms with Crippen LogP contribution in [-0.2, 0) is 0 Å². The van der Waals surface area contributed by atoms with Crippen molar-refractivity contribution < 1.29 is 4.79 Å². The quantitative estimate of drug-likeness (QED) is 0.605. The van der Waals surface area contributed by atoms with Gasteiger partial charge >= 0.3 is 0 Å². The maximum Gasteiger partial charge on any atom is 0.253 e. The number of hydrogen-bond donors (Lipinski definition) is 2. The monoisotopic (exact) mass is 232 g/mol. The van der Waals surface area contributed by atoms with Crippen LogP contribution in [0.1, 0.15) is 41.6 Å². The number of benzene rings is 1. The van der Waals surface area contributed by atoms with Crippen molar-refractivity contribution in [2.45, 2.75) is 32.6 Å². The molecule has 1 fully saturated rings. The van der Waals surface area contributed by atoms with E-state index in [1.165, 1.54) is 19.3 Å². The fourth-order valence-corrected chi connectivity index (χ4v) is 2.09. The Hall–Kier alpha value is -1.51. The number of rotatable bonds is 5. The Kier molecular flexibility index (Phi) is 3.67. The molecule has 3 heteroatoms. The largest absolute Gasteiger partial charge is 0.398 e. The summed E-state index contributed by atoms with van der Waals surface area (Å²) in [7, 11) is 0. The molecule has 1 aromatic carbocycles. The number of hydrogen-bond acceptors (Lipinski definition) is 2. The molecular formula is C14H20N2O. The molecule has 17 heavy (non-hydrogen) atoms. The number of aryl methyl sites for hydroxylation is 1. The topological polar surface area (TPSA) is 55.1 Å². The fourth-order valence-electron chi connectivity index (χ4n) is 2.09. The first-order valence-electron chi connectivity index (χ1n) is 6.32. The third-order valence-corrected chi connectivity index (χ3v) is 3.30. The predicted octanol–water partition coefficient (Wildman–Crippen LogP) is 2.50. The predicted molar refractivity (Wildman–Crippen MR) is 69.9 cm³/mol. The summed E-state index contributed by atoms with van der Waals surface area (Å²) in [5.74, 6) is 0.881. The molecule has 0 unspecified atom stereocenters. The number of amides is 1. The number of nitrogens with one attached hydrogen (secondary N) is 1. The average Bonchev–Trinajstić information content (AvgIpc) is 3.08. The first-order chi connectivity index (χ1) is 8.18. The number of nitrogen functional groups attached to an aromatic ring is 1. The third-order valence-electron chi connectivity index (χ3n) is 3.30. The molecule has 1 amide bonds. The van der Waals surface area contributed by atoms with Gasteiger partial charge in [-0.1, -0.05) is 25.0 Å². The molecule has 1 aromatic rings. The van der Waals surface area contributed by atoms with Crippen molar-refractivity contribution in [1.29, 1.82) is 0 Å². The fraction of sp³-hybridized carbons (Fsp3) is 0.500. The van der Waals surface area contributed by atoms with E-state index in [0.717, 1.165) is 24.4 Å². The number of anilines is 1. The molecule has 92 valence electrons. The Balaban J connectivity index is 1.85. The molecule has 0 heterocycles. The Morgan fingerprint density at radius 3 is 2.88 bits per heavy atom. The summed E-state index contributed by atoms with van der Waals surface area (Å²) in [5, 5.41) is 2.94. The van der Waals surface area contributed by atoms with E-state index in [2.05, 4.69) is 5.32 Å². The molecular weight excluding hydrogens is 212 g/mol. The SMILES string of the molecule is Cc1cccc(N)c1C(=O)NCCCC1CC1. The van der Waals surface area contributed by atoms with Gasteiger partial charge in [0.05, 0.1) is 5.56 Å². The Bertz CT molecular complexity index is 390. The molecule has 2 rings (SSSR count). The van der Waals surface area contributed by atoms with Crippen molar-refractivity contribution in [3.8, 4) is 0 Å². The molecule has 0 radical (unpaired) electrons. The van der Waals surface area contributed by atoms with Gasteiger partial charge in [-0.2, -0.15) is 0 Å². The molecule has 0 spiro atoms. The van der Waals surface area contributed by atoms with Crippen LogP contribution in [0.3, 0.4) is 0 Å². The lowest BCUT2D eigenvalue weighted by atomic mass is 10.1. The van der Waals surface area contributed by atoms with Crippen LogP contribution in [0.25, 0.3) is 0 Å². The summed E-state index contributed by atoms with van der Waals surface area (Å²) in [5.41, 5.74) is 7.94. The lowest BCUT2D eigenvalue weighted by molar-refractivity contribution is 0.0953. The minimum Gasteiger partial charge on any atom is -0.398 e. The van der Waals surface area contributed by atoms with Crippen LogP contribution < -0.4 is 11.1 Å². The molecule has 0 aromatic heterocycles. The first-order valence-corrected chi connectivity index (χ1v) is 6.32. The normalized spacial score (nSPS) is 14.6. The van der Waals surface area contributed by atoms with Gasteiger partial charge in [0, 0.05) is 12.2 Å². The van der Waals surface area contributed by atoms with Crippen LogP contribution in [0, 0.1) is 12.8 Å². The minimum atomic E-state index is -0.0450. The standard InChI is InChI=1S/C14H20N2O/c1-10-4-2-6-12(15)13(10)14(17)16-9-3-5-11-7-8-11/h2,4,6,11H,3,5,7-9,15H2,1H3,(H,16,17). The molecule has 3 nitrogen and oxygen atoms in total. The highest BCUT2D eigenvalue weighted by molar-refractivity contribution is 6.00. The Labute approximate surface area is 102 Å². The summed E-state index contributed by atoms with van der Waals surface area (Å²) in [4.78, 5) is 12.0. The zero-order valence-corrected chi connectivity index (χ0v) is 10.3. The van der Waals surface area contributed by atoms with Gasteiger partial charge in [-0.15, -0.1) is 0 Å². The van der Waals surface area contributed by atoms with Crippen LogP contribution in [0.5, 0.6) is 0 Å². The lowest BCUT2D eigenvalue weighted by Gasteiger charge is -2.09. The molecule has 0 aliphatic heterocycles. The molecule has 0 bridgehead atoms. The number of carbonyl (C=O) groups excluding carboxylic acids is 1. The molecule has 1 aliphatic carbocycles. The van der Waals surface area contributed by atoms with Gasteiger partial charge in [-0.3, -0.25) is 4.79 Å². The average molecular weight is 232 g/mol. The van der Waals surface area contributed by atoms with Crippen LogP contribution in [-0.4, -0.2) is 12.5 Å². The molecule has 0 saturated heterocycles. The Morgan fingerprint density at radius 2 is 2.24 bits per heavy atom. The van der Waals surface area contributed by atoms with Crippen LogP contribution in [0.15, 0.2) is 18.2 Å². The Morgan fingerprint density at radius 1 is 1.47 bits per heavy atom. The highest BCUT2D eigenvalue weighted by Crippen LogP contribution is 2.33.